The number of amides is 1. The van der Waals surface area contributed by atoms with Gasteiger partial charge in [-0.15, -0.1) is 0 Å². The van der Waals surface area contributed by atoms with Crippen LogP contribution in [-0.4, -0.2) is 32.6 Å². The molecule has 4 N–H and O–H groups in total. The number of aromatic amines is 1. The molecular formula is C11H14N6O. The fourth-order valence-corrected chi connectivity index (χ4v) is 1.50. The molecule has 2 heterocycles. The molecule has 0 saturated heterocycles. The number of hydrogen-bond donors (Lipinski definition) is 3. The number of hydrogen-bond acceptors (Lipinski definition) is 5. The molecule has 0 saturated carbocycles. The molecule has 0 bridgehead atoms. The van der Waals surface area contributed by atoms with Crippen LogP contribution < -0.4 is 11.1 Å². The van der Waals surface area contributed by atoms with E-state index in [4.69, 9.17) is 5.73 Å². The Kier molecular flexibility index (Phi) is 3.85. The summed E-state index contributed by atoms with van der Waals surface area (Å²) in [4.78, 5) is 19.6. The first-order chi connectivity index (χ1) is 8.75. The average Bonchev–Trinajstić information content (AvgIpc) is 2.87. The number of anilines is 1. The molecule has 94 valence electrons. The maximum atomic E-state index is 11.7. The summed E-state index contributed by atoms with van der Waals surface area (Å²) < 4.78 is 0. The van der Waals surface area contributed by atoms with Gasteiger partial charge in [0.2, 0.25) is 0 Å². The second-order valence-electron chi connectivity index (χ2n) is 3.76. The monoisotopic (exact) mass is 246 g/mol. The quantitative estimate of drug-likeness (QED) is 0.650. The minimum Gasteiger partial charge on any atom is -0.384 e. The third-order valence-corrected chi connectivity index (χ3v) is 2.38. The number of rotatable bonds is 5. The predicted octanol–water partition coefficient (Wildman–Crippen LogP) is 0.144. The van der Waals surface area contributed by atoms with E-state index in [1.54, 1.807) is 12.1 Å². The van der Waals surface area contributed by atoms with Crippen molar-refractivity contribution in [1.82, 2.24) is 25.5 Å². The molecular weight excluding hydrogens is 232 g/mol. The van der Waals surface area contributed by atoms with Crippen molar-refractivity contribution >= 4 is 11.7 Å². The van der Waals surface area contributed by atoms with E-state index >= 15 is 0 Å². The first-order valence-corrected chi connectivity index (χ1v) is 5.59. The van der Waals surface area contributed by atoms with E-state index in [0.29, 0.717) is 17.9 Å². The summed E-state index contributed by atoms with van der Waals surface area (Å²) in [6.45, 7) is 0.571. The van der Waals surface area contributed by atoms with Gasteiger partial charge in [-0.1, -0.05) is 0 Å². The van der Waals surface area contributed by atoms with E-state index < -0.39 is 0 Å². The highest BCUT2D eigenvalue weighted by atomic mass is 16.1. The van der Waals surface area contributed by atoms with Crippen LogP contribution in [0.1, 0.15) is 22.6 Å². The molecule has 2 aromatic heterocycles. The highest BCUT2D eigenvalue weighted by Crippen LogP contribution is 2.02. The number of pyridine rings is 1. The molecule has 2 aromatic rings. The Balaban J connectivity index is 1.75. The van der Waals surface area contributed by atoms with Crippen LogP contribution >= 0.6 is 0 Å². The van der Waals surface area contributed by atoms with Crippen LogP contribution in [-0.2, 0) is 6.42 Å². The van der Waals surface area contributed by atoms with Crippen molar-refractivity contribution in [3.63, 3.8) is 0 Å². The molecule has 0 spiro atoms. The van der Waals surface area contributed by atoms with Crippen LogP contribution in [0, 0.1) is 0 Å². The molecule has 0 aliphatic heterocycles. The lowest BCUT2D eigenvalue weighted by Crippen LogP contribution is -2.25. The molecule has 0 aromatic carbocycles. The normalized spacial score (nSPS) is 10.2. The smallest absolute Gasteiger partial charge is 0.251 e. The topological polar surface area (TPSA) is 110 Å². The number of nitrogen functional groups attached to an aromatic ring is 1. The predicted molar refractivity (Wildman–Crippen MR) is 65.7 cm³/mol. The molecule has 0 aliphatic carbocycles. The number of nitrogens with one attached hydrogen (secondary N) is 2. The second kappa shape index (κ2) is 5.76. The van der Waals surface area contributed by atoms with E-state index in [-0.39, 0.29) is 5.91 Å². The average molecular weight is 246 g/mol. The molecule has 0 radical (unpaired) electrons. The molecule has 7 nitrogen and oxygen atoms in total. The Morgan fingerprint density at radius 2 is 2.33 bits per heavy atom. The van der Waals surface area contributed by atoms with Crippen LogP contribution in [0.3, 0.4) is 0 Å². The molecule has 0 unspecified atom stereocenters. The van der Waals surface area contributed by atoms with Gasteiger partial charge in [-0.25, -0.2) is 9.97 Å². The number of nitrogens with two attached hydrogens (primary N) is 1. The van der Waals surface area contributed by atoms with Gasteiger partial charge in [0.15, 0.2) is 0 Å². The maximum Gasteiger partial charge on any atom is 0.251 e. The number of aromatic nitrogens is 4. The lowest BCUT2D eigenvalue weighted by Gasteiger charge is -2.04. The minimum atomic E-state index is -0.151. The zero-order valence-electron chi connectivity index (χ0n) is 9.76. The van der Waals surface area contributed by atoms with Crippen LogP contribution in [0.2, 0.25) is 0 Å². The summed E-state index contributed by atoms with van der Waals surface area (Å²) in [6.07, 6.45) is 4.52. The summed E-state index contributed by atoms with van der Waals surface area (Å²) in [5.74, 6) is 1.00. The van der Waals surface area contributed by atoms with E-state index in [1.807, 2.05) is 0 Å². The second-order valence-corrected chi connectivity index (χ2v) is 3.76. The number of aryl methyl sites for hydroxylation is 1. The summed E-state index contributed by atoms with van der Waals surface area (Å²) >= 11 is 0. The maximum absolute atomic E-state index is 11.7. The SMILES string of the molecule is Nc1cc(C(=O)NCCCc2ncn[nH]2)ccn1. The number of H-pyrrole nitrogens is 1. The largest absolute Gasteiger partial charge is 0.384 e. The molecule has 1 amide bonds. The van der Waals surface area contributed by atoms with Gasteiger partial charge in [0.25, 0.3) is 5.91 Å². The first kappa shape index (κ1) is 12.0. The van der Waals surface area contributed by atoms with E-state index in [1.165, 1.54) is 12.5 Å². The van der Waals surface area contributed by atoms with Gasteiger partial charge in [0.1, 0.15) is 18.0 Å². The third kappa shape index (κ3) is 3.27. The Labute approximate surface area is 104 Å². The van der Waals surface area contributed by atoms with Gasteiger partial charge >= 0.3 is 0 Å². The Hall–Kier alpha value is -2.44. The molecule has 2 rings (SSSR count). The van der Waals surface area contributed by atoms with Crippen molar-refractivity contribution in [2.75, 3.05) is 12.3 Å². The standard InChI is InChI=1S/C11H14N6O/c12-9-6-8(3-5-13-9)11(18)14-4-1-2-10-15-7-16-17-10/h3,5-7H,1-2,4H2,(H2,12,13)(H,14,18)(H,15,16,17). The van der Waals surface area contributed by atoms with Gasteiger partial charge < -0.3 is 11.1 Å². The van der Waals surface area contributed by atoms with Crippen molar-refractivity contribution in [2.45, 2.75) is 12.8 Å². The molecule has 0 aliphatic rings. The van der Waals surface area contributed by atoms with Crippen LogP contribution in [0.4, 0.5) is 5.82 Å². The zero-order chi connectivity index (χ0) is 12.8. The summed E-state index contributed by atoms with van der Waals surface area (Å²) in [6, 6.07) is 3.17. The van der Waals surface area contributed by atoms with Crippen molar-refractivity contribution in [2.24, 2.45) is 0 Å². The van der Waals surface area contributed by atoms with Gasteiger partial charge in [-0.3, -0.25) is 9.89 Å². The van der Waals surface area contributed by atoms with Crippen LogP contribution in [0.15, 0.2) is 24.7 Å². The molecule has 18 heavy (non-hydrogen) atoms. The number of carbonyl (C=O) groups excluding carboxylic acids is 1. The fourth-order valence-electron chi connectivity index (χ4n) is 1.50. The van der Waals surface area contributed by atoms with Crippen molar-refractivity contribution in [3.05, 3.63) is 36.0 Å². The van der Waals surface area contributed by atoms with Crippen molar-refractivity contribution in [3.8, 4) is 0 Å². The minimum absolute atomic E-state index is 0.151. The van der Waals surface area contributed by atoms with Gasteiger partial charge in [-0.2, -0.15) is 5.10 Å². The molecule has 0 fully saturated rings. The summed E-state index contributed by atoms with van der Waals surface area (Å²) in [5.41, 5.74) is 6.02. The molecule has 0 atom stereocenters. The first-order valence-electron chi connectivity index (χ1n) is 5.59. The highest BCUT2D eigenvalue weighted by Gasteiger charge is 2.05. The van der Waals surface area contributed by atoms with E-state index in [2.05, 4.69) is 25.5 Å². The number of nitrogens with zero attached hydrogens (tertiary/aromatic N) is 3. The lowest BCUT2D eigenvalue weighted by molar-refractivity contribution is 0.0953. The zero-order valence-corrected chi connectivity index (χ0v) is 9.76. The van der Waals surface area contributed by atoms with Crippen LogP contribution in [0.25, 0.3) is 0 Å². The highest BCUT2D eigenvalue weighted by molar-refractivity contribution is 5.94. The Bertz CT molecular complexity index is 510. The third-order valence-electron chi connectivity index (χ3n) is 2.38. The van der Waals surface area contributed by atoms with Crippen LogP contribution in [0.5, 0.6) is 0 Å². The summed E-state index contributed by atoms with van der Waals surface area (Å²) in [5, 5.41) is 9.32. The van der Waals surface area contributed by atoms with E-state index in [9.17, 15) is 4.79 Å². The van der Waals surface area contributed by atoms with E-state index in [0.717, 1.165) is 18.7 Å². The van der Waals surface area contributed by atoms with Gasteiger partial charge in [0, 0.05) is 24.7 Å². The lowest BCUT2D eigenvalue weighted by atomic mass is 10.2. The summed E-state index contributed by atoms with van der Waals surface area (Å²) in [7, 11) is 0. The van der Waals surface area contributed by atoms with Gasteiger partial charge in [-0.05, 0) is 18.6 Å². The van der Waals surface area contributed by atoms with Crippen molar-refractivity contribution < 1.29 is 4.79 Å². The fraction of sp³-hybridized carbons (Fsp3) is 0.273. The Morgan fingerprint density at radius 3 is 3.06 bits per heavy atom. The molecule has 7 heteroatoms. The van der Waals surface area contributed by atoms with Gasteiger partial charge in [0.05, 0.1) is 0 Å². The Morgan fingerprint density at radius 1 is 1.44 bits per heavy atom. The van der Waals surface area contributed by atoms with Crippen molar-refractivity contribution in [1.29, 1.82) is 0 Å². The number of carbonyl (C=O) groups is 1.